The highest BCUT2D eigenvalue weighted by Gasteiger charge is 2.11. The third kappa shape index (κ3) is 4.59. The maximum Gasteiger partial charge on any atom is 0.251 e. The molecule has 5 nitrogen and oxygen atoms in total. The molecule has 0 spiro atoms. The van der Waals surface area contributed by atoms with E-state index in [4.69, 9.17) is 15.2 Å². The summed E-state index contributed by atoms with van der Waals surface area (Å²) >= 11 is 0. The van der Waals surface area contributed by atoms with Gasteiger partial charge in [-0.2, -0.15) is 0 Å². The zero-order valence-corrected chi connectivity index (χ0v) is 12.0. The van der Waals surface area contributed by atoms with Gasteiger partial charge in [0.1, 0.15) is 6.61 Å². The Morgan fingerprint density at radius 2 is 2.25 bits per heavy atom. The van der Waals surface area contributed by atoms with Gasteiger partial charge in [-0.3, -0.25) is 4.79 Å². The lowest BCUT2D eigenvalue weighted by molar-refractivity contribution is 0.0948. The minimum atomic E-state index is -0.154. The maximum absolute atomic E-state index is 12.0. The number of carbonyl (C=O) groups is 1. The lowest BCUT2D eigenvalue weighted by atomic mass is 10.1. The largest absolute Gasteiger partial charge is 0.493 e. The van der Waals surface area contributed by atoms with Gasteiger partial charge in [0.15, 0.2) is 11.5 Å². The molecule has 0 aromatic heterocycles. The summed E-state index contributed by atoms with van der Waals surface area (Å²) in [5.41, 5.74) is 6.04. The second-order valence-corrected chi connectivity index (χ2v) is 4.52. The third-order valence-corrected chi connectivity index (χ3v) is 2.80. The molecule has 110 valence electrons. The number of hydrogen-bond donors (Lipinski definition) is 2. The van der Waals surface area contributed by atoms with E-state index in [1.807, 2.05) is 6.92 Å². The Morgan fingerprint density at radius 3 is 2.85 bits per heavy atom. The van der Waals surface area contributed by atoms with Crippen molar-refractivity contribution in [3.05, 3.63) is 36.4 Å². The monoisotopic (exact) mass is 278 g/mol. The number of nitrogens with one attached hydrogen (secondary N) is 1. The van der Waals surface area contributed by atoms with Crippen LogP contribution in [0.3, 0.4) is 0 Å². The number of benzene rings is 1. The molecule has 3 N–H and O–H groups in total. The van der Waals surface area contributed by atoms with Gasteiger partial charge < -0.3 is 20.5 Å². The molecular weight excluding hydrogens is 256 g/mol. The number of amides is 1. The van der Waals surface area contributed by atoms with E-state index in [2.05, 4.69) is 11.9 Å². The van der Waals surface area contributed by atoms with Gasteiger partial charge in [-0.15, -0.1) is 0 Å². The van der Waals surface area contributed by atoms with Crippen molar-refractivity contribution in [1.82, 2.24) is 5.32 Å². The summed E-state index contributed by atoms with van der Waals surface area (Å²) in [6.45, 7) is 7.04. The van der Waals surface area contributed by atoms with Crippen LogP contribution in [0.1, 0.15) is 17.3 Å². The van der Waals surface area contributed by atoms with Gasteiger partial charge in [0.05, 0.1) is 7.11 Å². The van der Waals surface area contributed by atoms with Crippen LogP contribution < -0.4 is 20.5 Å². The first-order valence-corrected chi connectivity index (χ1v) is 6.52. The van der Waals surface area contributed by atoms with Crippen molar-refractivity contribution < 1.29 is 14.3 Å². The average molecular weight is 278 g/mol. The minimum absolute atomic E-state index is 0.154. The number of hydrogen-bond acceptors (Lipinski definition) is 4. The summed E-state index contributed by atoms with van der Waals surface area (Å²) in [5, 5.41) is 2.83. The molecule has 0 fully saturated rings. The number of ether oxygens (including phenoxy) is 2. The Hall–Kier alpha value is -2.01. The van der Waals surface area contributed by atoms with Crippen LogP contribution in [0, 0.1) is 5.92 Å². The van der Waals surface area contributed by atoms with Crippen molar-refractivity contribution in [3.63, 3.8) is 0 Å². The van der Waals surface area contributed by atoms with E-state index in [1.54, 1.807) is 24.3 Å². The Morgan fingerprint density at radius 1 is 1.50 bits per heavy atom. The van der Waals surface area contributed by atoms with Crippen molar-refractivity contribution >= 4 is 5.91 Å². The molecule has 0 bridgehead atoms. The van der Waals surface area contributed by atoms with E-state index in [1.165, 1.54) is 7.11 Å². The predicted octanol–water partition coefficient (Wildman–Crippen LogP) is 1.58. The standard InChI is InChI=1S/C15H22N2O3/c1-4-7-20-13-6-5-12(8-14(13)19-3)15(18)17-10-11(2)9-16/h4-6,8,11H,1,7,9-10,16H2,2-3H3,(H,17,18). The van der Waals surface area contributed by atoms with E-state index in [9.17, 15) is 4.79 Å². The normalized spacial score (nSPS) is 11.6. The fraction of sp³-hybridized carbons (Fsp3) is 0.400. The van der Waals surface area contributed by atoms with Gasteiger partial charge in [0.2, 0.25) is 0 Å². The molecule has 5 heteroatoms. The molecule has 1 atom stereocenters. The van der Waals surface area contributed by atoms with Gasteiger partial charge in [-0.1, -0.05) is 19.6 Å². The van der Waals surface area contributed by atoms with Crippen LogP contribution >= 0.6 is 0 Å². The Balaban J connectivity index is 2.75. The third-order valence-electron chi connectivity index (χ3n) is 2.80. The summed E-state index contributed by atoms with van der Waals surface area (Å²) in [4.78, 5) is 12.0. The second kappa shape index (κ2) is 8.22. The lowest BCUT2D eigenvalue weighted by Gasteiger charge is -2.12. The summed E-state index contributed by atoms with van der Waals surface area (Å²) < 4.78 is 10.7. The van der Waals surface area contributed by atoms with Crippen molar-refractivity contribution in [1.29, 1.82) is 0 Å². The molecule has 1 aromatic rings. The van der Waals surface area contributed by atoms with Crippen LogP contribution in [-0.2, 0) is 0 Å². The molecule has 0 radical (unpaired) electrons. The van der Waals surface area contributed by atoms with Crippen LogP contribution in [-0.4, -0.2) is 32.7 Å². The smallest absolute Gasteiger partial charge is 0.251 e. The van der Waals surface area contributed by atoms with Crippen LogP contribution in [0.25, 0.3) is 0 Å². The fourth-order valence-electron chi connectivity index (χ4n) is 1.53. The quantitative estimate of drug-likeness (QED) is 0.708. The van der Waals surface area contributed by atoms with Gasteiger partial charge in [-0.25, -0.2) is 0 Å². The lowest BCUT2D eigenvalue weighted by Crippen LogP contribution is -2.31. The first-order chi connectivity index (χ1) is 9.62. The molecule has 1 amide bonds. The molecule has 0 heterocycles. The topological polar surface area (TPSA) is 73.6 Å². The van der Waals surface area contributed by atoms with Crippen LogP contribution in [0.4, 0.5) is 0 Å². The van der Waals surface area contributed by atoms with Crippen LogP contribution in [0.2, 0.25) is 0 Å². The minimum Gasteiger partial charge on any atom is -0.493 e. The number of methoxy groups -OCH3 is 1. The number of rotatable bonds is 8. The first kappa shape index (κ1) is 16.0. The summed E-state index contributed by atoms with van der Waals surface area (Å²) in [7, 11) is 1.54. The molecule has 1 rings (SSSR count). The molecule has 0 saturated carbocycles. The highest BCUT2D eigenvalue weighted by atomic mass is 16.5. The summed E-state index contributed by atoms with van der Waals surface area (Å²) in [6, 6.07) is 5.06. The van der Waals surface area contributed by atoms with E-state index in [-0.39, 0.29) is 11.8 Å². The Labute approximate surface area is 119 Å². The van der Waals surface area contributed by atoms with Gasteiger partial charge in [0, 0.05) is 12.1 Å². The van der Waals surface area contributed by atoms with Crippen molar-refractivity contribution in [3.8, 4) is 11.5 Å². The van der Waals surface area contributed by atoms with Crippen molar-refractivity contribution in [2.45, 2.75) is 6.92 Å². The molecule has 0 aliphatic heterocycles. The van der Waals surface area contributed by atoms with E-state index < -0.39 is 0 Å². The van der Waals surface area contributed by atoms with Crippen LogP contribution in [0.15, 0.2) is 30.9 Å². The maximum atomic E-state index is 12.0. The molecule has 1 aromatic carbocycles. The van der Waals surface area contributed by atoms with Crippen molar-refractivity contribution in [2.24, 2.45) is 11.7 Å². The fourth-order valence-corrected chi connectivity index (χ4v) is 1.53. The molecule has 1 unspecified atom stereocenters. The Bertz CT molecular complexity index is 460. The first-order valence-electron chi connectivity index (χ1n) is 6.52. The highest BCUT2D eigenvalue weighted by molar-refractivity contribution is 5.94. The van der Waals surface area contributed by atoms with Gasteiger partial charge >= 0.3 is 0 Å². The number of nitrogens with two attached hydrogens (primary N) is 1. The molecule has 0 saturated heterocycles. The van der Waals surface area contributed by atoms with Crippen LogP contribution in [0.5, 0.6) is 11.5 Å². The zero-order chi connectivity index (χ0) is 15.0. The molecule has 0 aliphatic rings. The molecule has 0 aliphatic carbocycles. The summed E-state index contributed by atoms with van der Waals surface area (Å²) in [5.74, 6) is 1.19. The van der Waals surface area contributed by atoms with Gasteiger partial charge in [0.25, 0.3) is 5.91 Å². The zero-order valence-electron chi connectivity index (χ0n) is 12.0. The second-order valence-electron chi connectivity index (χ2n) is 4.52. The summed E-state index contributed by atoms with van der Waals surface area (Å²) in [6.07, 6.45) is 1.65. The van der Waals surface area contributed by atoms with E-state index in [0.717, 1.165) is 0 Å². The SMILES string of the molecule is C=CCOc1ccc(C(=O)NCC(C)CN)cc1OC. The Kier molecular flexibility index (Phi) is 6.59. The van der Waals surface area contributed by atoms with Gasteiger partial charge in [-0.05, 0) is 30.7 Å². The number of carbonyl (C=O) groups excluding carboxylic acids is 1. The average Bonchev–Trinajstić information content (AvgIpc) is 2.49. The highest BCUT2D eigenvalue weighted by Crippen LogP contribution is 2.28. The predicted molar refractivity (Wildman–Crippen MR) is 79.2 cm³/mol. The molecule has 20 heavy (non-hydrogen) atoms. The van der Waals surface area contributed by atoms with E-state index in [0.29, 0.717) is 36.8 Å². The molecular formula is C15H22N2O3. The van der Waals surface area contributed by atoms with E-state index >= 15 is 0 Å². The van der Waals surface area contributed by atoms with Crippen molar-refractivity contribution in [2.75, 3.05) is 26.8 Å².